The first kappa shape index (κ1) is 20.8. The van der Waals surface area contributed by atoms with Gasteiger partial charge in [0.2, 0.25) is 5.28 Å². The lowest BCUT2D eigenvalue weighted by Gasteiger charge is -2.07. The average Bonchev–Trinajstić information content (AvgIpc) is 3.29. The van der Waals surface area contributed by atoms with Crippen molar-refractivity contribution in [2.45, 2.75) is 0 Å². The summed E-state index contributed by atoms with van der Waals surface area (Å²) >= 11 is 6.30. The van der Waals surface area contributed by atoms with Gasteiger partial charge in [-0.05, 0) is 46.1 Å². The predicted molar refractivity (Wildman–Crippen MR) is 146 cm³/mol. The van der Waals surface area contributed by atoms with Crippen molar-refractivity contribution in [2.75, 3.05) is 0 Å². The Morgan fingerprint density at radius 2 is 1.19 bits per heavy atom. The molecule has 7 aromatic rings. The summed E-state index contributed by atoms with van der Waals surface area (Å²) in [5, 5.41) is 4.72. The molecule has 0 aliphatic carbocycles. The highest BCUT2D eigenvalue weighted by molar-refractivity contribution is 6.28. The van der Waals surface area contributed by atoms with Crippen molar-refractivity contribution in [2.24, 2.45) is 0 Å². The Morgan fingerprint density at radius 1 is 0.528 bits per heavy atom. The van der Waals surface area contributed by atoms with Crippen LogP contribution in [0.15, 0.2) is 114 Å². The van der Waals surface area contributed by atoms with Crippen LogP contribution in [0.3, 0.4) is 0 Å². The number of rotatable bonds is 3. The van der Waals surface area contributed by atoms with Crippen molar-refractivity contribution < 1.29 is 4.42 Å². The molecule has 0 saturated heterocycles. The molecule has 0 unspecified atom stereocenters. The van der Waals surface area contributed by atoms with Crippen molar-refractivity contribution in [1.82, 2.24) is 15.0 Å². The first-order valence-corrected chi connectivity index (χ1v) is 12.0. The van der Waals surface area contributed by atoms with Crippen LogP contribution >= 0.6 is 11.6 Å². The van der Waals surface area contributed by atoms with E-state index < -0.39 is 0 Å². The second kappa shape index (κ2) is 8.29. The highest BCUT2D eigenvalue weighted by atomic mass is 35.5. The van der Waals surface area contributed by atoms with Crippen molar-refractivity contribution in [1.29, 1.82) is 0 Å². The normalized spacial score (nSPS) is 11.5. The van der Waals surface area contributed by atoms with Gasteiger partial charge < -0.3 is 4.42 Å². The summed E-state index contributed by atoms with van der Waals surface area (Å²) in [7, 11) is 0. The first-order chi connectivity index (χ1) is 17.7. The number of hydrogen-bond donors (Lipinski definition) is 0. The molecule has 0 fully saturated rings. The summed E-state index contributed by atoms with van der Waals surface area (Å²) in [6.45, 7) is 0. The Bertz CT molecular complexity index is 1910. The minimum absolute atomic E-state index is 0.163. The van der Waals surface area contributed by atoms with Crippen LogP contribution in [-0.4, -0.2) is 15.0 Å². The molecule has 5 heteroatoms. The number of fused-ring (bicyclic) bond motifs is 4. The van der Waals surface area contributed by atoms with Crippen LogP contribution in [0.2, 0.25) is 5.28 Å². The average molecular weight is 484 g/mol. The standard InChI is InChI=1S/C31H18ClN3O/c32-31-34-29(19-8-2-1-3-9-19)33-30(35-31)23-13-6-12-22(16-23)24-14-7-15-25-26-17-20-10-4-5-11-21(20)18-27(26)36-28(24)25/h1-18H. The van der Waals surface area contributed by atoms with Crippen LogP contribution in [0.1, 0.15) is 0 Å². The zero-order valence-corrected chi connectivity index (χ0v) is 19.8. The molecular formula is C31H18ClN3O. The maximum absolute atomic E-state index is 6.43. The van der Waals surface area contributed by atoms with Crippen LogP contribution in [0.4, 0.5) is 0 Å². The van der Waals surface area contributed by atoms with Gasteiger partial charge in [0.15, 0.2) is 11.6 Å². The quantitative estimate of drug-likeness (QED) is 0.252. The number of furan rings is 1. The highest BCUT2D eigenvalue weighted by Gasteiger charge is 2.15. The van der Waals surface area contributed by atoms with Gasteiger partial charge >= 0.3 is 0 Å². The van der Waals surface area contributed by atoms with Gasteiger partial charge in [0, 0.05) is 27.5 Å². The van der Waals surface area contributed by atoms with E-state index in [-0.39, 0.29) is 5.28 Å². The van der Waals surface area contributed by atoms with Gasteiger partial charge in [0.05, 0.1) is 0 Å². The second-order valence-corrected chi connectivity index (χ2v) is 9.02. The van der Waals surface area contributed by atoms with E-state index in [9.17, 15) is 0 Å². The monoisotopic (exact) mass is 483 g/mol. The molecule has 0 aliphatic rings. The third-order valence-corrected chi connectivity index (χ3v) is 6.61. The van der Waals surface area contributed by atoms with Crippen LogP contribution in [-0.2, 0) is 0 Å². The highest BCUT2D eigenvalue weighted by Crippen LogP contribution is 2.38. The predicted octanol–water partition coefficient (Wildman–Crippen LogP) is 8.58. The number of halogens is 1. The minimum Gasteiger partial charge on any atom is -0.455 e. The topological polar surface area (TPSA) is 51.8 Å². The third-order valence-electron chi connectivity index (χ3n) is 6.44. The molecule has 0 amide bonds. The molecule has 0 spiro atoms. The van der Waals surface area contributed by atoms with Gasteiger partial charge in [0.25, 0.3) is 0 Å². The summed E-state index contributed by atoms with van der Waals surface area (Å²) in [6, 6.07) is 36.8. The van der Waals surface area contributed by atoms with Gasteiger partial charge in [-0.2, -0.15) is 9.97 Å². The molecule has 0 aliphatic heterocycles. The lowest BCUT2D eigenvalue weighted by atomic mass is 9.99. The Balaban J connectivity index is 1.38. The molecule has 0 bridgehead atoms. The van der Waals surface area contributed by atoms with Crippen molar-refractivity contribution in [3.63, 3.8) is 0 Å². The SMILES string of the molecule is Clc1nc(-c2ccccc2)nc(-c2cccc(-c3cccc4c3oc3cc5ccccc5cc34)c2)n1. The van der Waals surface area contributed by atoms with Gasteiger partial charge in [-0.3, -0.25) is 0 Å². The summed E-state index contributed by atoms with van der Waals surface area (Å²) < 4.78 is 6.43. The maximum atomic E-state index is 6.43. The molecular weight excluding hydrogens is 466 g/mol. The lowest BCUT2D eigenvalue weighted by molar-refractivity contribution is 0.670. The molecule has 7 rings (SSSR count). The van der Waals surface area contributed by atoms with E-state index in [0.29, 0.717) is 11.6 Å². The molecule has 5 aromatic carbocycles. The van der Waals surface area contributed by atoms with E-state index in [1.54, 1.807) is 0 Å². The fourth-order valence-corrected chi connectivity index (χ4v) is 4.89. The van der Waals surface area contributed by atoms with Crippen molar-refractivity contribution in [3.8, 4) is 33.9 Å². The van der Waals surface area contributed by atoms with E-state index in [1.165, 1.54) is 5.39 Å². The van der Waals surface area contributed by atoms with E-state index in [4.69, 9.17) is 21.0 Å². The molecule has 36 heavy (non-hydrogen) atoms. The van der Waals surface area contributed by atoms with Crippen molar-refractivity contribution >= 4 is 44.3 Å². The Kier molecular flexibility index (Phi) is 4.79. The molecule has 2 heterocycles. The first-order valence-electron chi connectivity index (χ1n) is 11.6. The van der Waals surface area contributed by atoms with Gasteiger partial charge in [-0.1, -0.05) is 91.0 Å². The van der Waals surface area contributed by atoms with Gasteiger partial charge in [-0.25, -0.2) is 4.98 Å². The molecule has 0 atom stereocenters. The second-order valence-electron chi connectivity index (χ2n) is 8.68. The number of nitrogens with zero attached hydrogens (tertiary/aromatic N) is 3. The molecule has 0 N–H and O–H groups in total. The summed E-state index contributed by atoms with van der Waals surface area (Å²) in [6.07, 6.45) is 0. The molecule has 0 saturated carbocycles. The molecule has 2 aromatic heterocycles. The molecule has 4 nitrogen and oxygen atoms in total. The zero-order valence-electron chi connectivity index (χ0n) is 19.0. The lowest BCUT2D eigenvalue weighted by Crippen LogP contribution is -1.97. The smallest absolute Gasteiger partial charge is 0.226 e. The molecule has 170 valence electrons. The third kappa shape index (κ3) is 3.51. The number of benzene rings is 5. The Hall–Kier alpha value is -4.54. The van der Waals surface area contributed by atoms with E-state index in [1.807, 2.05) is 48.5 Å². The fraction of sp³-hybridized carbons (Fsp3) is 0. The number of hydrogen-bond acceptors (Lipinski definition) is 4. The zero-order chi connectivity index (χ0) is 24.1. The minimum atomic E-state index is 0.163. The van der Waals surface area contributed by atoms with E-state index in [2.05, 4.69) is 70.6 Å². The van der Waals surface area contributed by atoms with Crippen LogP contribution < -0.4 is 0 Å². The maximum Gasteiger partial charge on any atom is 0.226 e. The largest absolute Gasteiger partial charge is 0.455 e. The Morgan fingerprint density at radius 3 is 2.03 bits per heavy atom. The number of aromatic nitrogens is 3. The Labute approximate surface area is 211 Å². The summed E-state index contributed by atoms with van der Waals surface area (Å²) in [5.41, 5.74) is 5.51. The molecule has 0 radical (unpaired) electrons. The van der Waals surface area contributed by atoms with Crippen LogP contribution in [0, 0.1) is 0 Å². The summed E-state index contributed by atoms with van der Waals surface area (Å²) in [5.74, 6) is 1.07. The van der Waals surface area contributed by atoms with Crippen LogP contribution in [0.5, 0.6) is 0 Å². The van der Waals surface area contributed by atoms with Gasteiger partial charge in [-0.15, -0.1) is 0 Å². The summed E-state index contributed by atoms with van der Waals surface area (Å²) in [4.78, 5) is 13.4. The fourth-order valence-electron chi connectivity index (χ4n) is 4.73. The number of para-hydroxylation sites is 1. The van der Waals surface area contributed by atoms with Crippen LogP contribution in [0.25, 0.3) is 66.6 Å². The van der Waals surface area contributed by atoms with E-state index >= 15 is 0 Å². The van der Waals surface area contributed by atoms with E-state index in [0.717, 1.165) is 49.6 Å². The van der Waals surface area contributed by atoms with Crippen molar-refractivity contribution in [3.05, 3.63) is 114 Å². The van der Waals surface area contributed by atoms with Gasteiger partial charge in [0.1, 0.15) is 11.2 Å².